The predicted molar refractivity (Wildman–Crippen MR) is 94.8 cm³/mol. The van der Waals surface area contributed by atoms with Crippen LogP contribution in [0.3, 0.4) is 0 Å². The van der Waals surface area contributed by atoms with Crippen molar-refractivity contribution in [2.75, 3.05) is 0 Å². The number of fused-ring (bicyclic) bond motifs is 1. The highest BCUT2D eigenvalue weighted by Gasteiger charge is 2.48. The second-order valence-corrected chi connectivity index (χ2v) is 8.48. The molecule has 1 heteroatoms. The van der Waals surface area contributed by atoms with Gasteiger partial charge in [-0.1, -0.05) is 38.0 Å². The van der Waals surface area contributed by atoms with Gasteiger partial charge < -0.3 is 4.79 Å². The van der Waals surface area contributed by atoms with Crippen molar-refractivity contribution in [2.24, 2.45) is 22.7 Å². The molecule has 1 saturated carbocycles. The average molecular weight is 303 g/mol. The van der Waals surface area contributed by atoms with E-state index in [1.807, 2.05) is 0 Å². The van der Waals surface area contributed by atoms with Crippen molar-refractivity contribution in [2.45, 2.75) is 79.1 Å². The standard InChI is InChI=1S/C21H34O/c1-16(2)8-6-12-20(4)13-7-9-19-18(20)11-10-17(3)21(19,5)14-15-22/h9,15,17-18H,1,6-8,10-14H2,2-5H3/t17-,18+,20+,21+/m0/s1. The first kappa shape index (κ1) is 17.5. The fourth-order valence-electron chi connectivity index (χ4n) is 4.99. The lowest BCUT2D eigenvalue weighted by Gasteiger charge is -2.53. The van der Waals surface area contributed by atoms with Crippen LogP contribution < -0.4 is 0 Å². The summed E-state index contributed by atoms with van der Waals surface area (Å²) in [6.45, 7) is 13.4. The minimum Gasteiger partial charge on any atom is -0.303 e. The summed E-state index contributed by atoms with van der Waals surface area (Å²) in [6.07, 6.45) is 13.1. The largest absolute Gasteiger partial charge is 0.303 e. The van der Waals surface area contributed by atoms with E-state index in [0.29, 0.717) is 23.7 Å². The van der Waals surface area contributed by atoms with E-state index in [-0.39, 0.29) is 5.41 Å². The van der Waals surface area contributed by atoms with Gasteiger partial charge in [0.2, 0.25) is 0 Å². The summed E-state index contributed by atoms with van der Waals surface area (Å²) < 4.78 is 0. The third-order valence-corrected chi connectivity index (χ3v) is 6.79. The van der Waals surface area contributed by atoms with Crippen LogP contribution in [0.15, 0.2) is 23.8 Å². The minimum atomic E-state index is 0.0979. The van der Waals surface area contributed by atoms with Crippen LogP contribution in [0.4, 0.5) is 0 Å². The van der Waals surface area contributed by atoms with Crippen molar-refractivity contribution in [3.63, 3.8) is 0 Å². The lowest BCUT2D eigenvalue weighted by Crippen LogP contribution is -2.44. The highest BCUT2D eigenvalue weighted by atomic mass is 16.1. The molecule has 0 aromatic rings. The van der Waals surface area contributed by atoms with Gasteiger partial charge >= 0.3 is 0 Å². The Morgan fingerprint density at radius 1 is 1.41 bits per heavy atom. The summed E-state index contributed by atoms with van der Waals surface area (Å²) in [5.41, 5.74) is 3.44. The van der Waals surface area contributed by atoms with Gasteiger partial charge in [-0.15, -0.1) is 6.58 Å². The Hall–Kier alpha value is -0.850. The fraction of sp³-hybridized carbons (Fsp3) is 0.762. The van der Waals surface area contributed by atoms with Crippen molar-refractivity contribution in [3.05, 3.63) is 23.8 Å². The number of allylic oxidation sites excluding steroid dienone is 3. The third kappa shape index (κ3) is 3.24. The van der Waals surface area contributed by atoms with Crippen molar-refractivity contribution < 1.29 is 4.79 Å². The van der Waals surface area contributed by atoms with E-state index < -0.39 is 0 Å². The van der Waals surface area contributed by atoms with E-state index in [4.69, 9.17) is 0 Å². The summed E-state index contributed by atoms with van der Waals surface area (Å²) in [7, 11) is 0. The molecular weight excluding hydrogens is 268 g/mol. The molecule has 2 rings (SSSR count). The smallest absolute Gasteiger partial charge is 0.120 e. The molecular formula is C21H34O. The molecule has 0 aromatic carbocycles. The molecule has 0 saturated heterocycles. The maximum absolute atomic E-state index is 11.3. The lowest BCUT2D eigenvalue weighted by molar-refractivity contribution is -0.110. The van der Waals surface area contributed by atoms with Crippen LogP contribution in [0, 0.1) is 22.7 Å². The van der Waals surface area contributed by atoms with Crippen molar-refractivity contribution in [3.8, 4) is 0 Å². The minimum absolute atomic E-state index is 0.0979. The molecule has 2 aliphatic carbocycles. The van der Waals surface area contributed by atoms with E-state index in [1.54, 1.807) is 5.57 Å². The molecule has 0 N–H and O–H groups in total. The Kier molecular flexibility index (Phi) is 5.35. The first-order valence-electron chi connectivity index (χ1n) is 9.12. The van der Waals surface area contributed by atoms with Crippen molar-refractivity contribution >= 4 is 6.29 Å². The molecule has 4 atom stereocenters. The predicted octanol–water partition coefficient (Wildman–Crippen LogP) is 6.10. The van der Waals surface area contributed by atoms with E-state index >= 15 is 0 Å². The van der Waals surface area contributed by atoms with Crippen LogP contribution in [-0.2, 0) is 4.79 Å². The molecule has 2 aliphatic rings. The van der Waals surface area contributed by atoms with E-state index in [9.17, 15) is 4.79 Å². The quantitative estimate of drug-likeness (QED) is 0.428. The normalized spacial score (nSPS) is 38.1. The molecule has 0 heterocycles. The van der Waals surface area contributed by atoms with Crippen LogP contribution in [0.1, 0.15) is 79.1 Å². The zero-order valence-electron chi connectivity index (χ0n) is 15.1. The molecule has 1 fully saturated rings. The van der Waals surface area contributed by atoms with Crippen LogP contribution in [0.5, 0.6) is 0 Å². The zero-order chi connectivity index (χ0) is 16.4. The number of aldehydes is 1. The monoisotopic (exact) mass is 302 g/mol. The van der Waals surface area contributed by atoms with Crippen LogP contribution in [-0.4, -0.2) is 6.29 Å². The van der Waals surface area contributed by atoms with Gasteiger partial charge in [-0.3, -0.25) is 0 Å². The number of carbonyl (C=O) groups excluding carboxylic acids is 1. The van der Waals surface area contributed by atoms with E-state index in [0.717, 1.165) is 12.7 Å². The highest BCUT2D eigenvalue weighted by Crippen LogP contribution is 2.58. The van der Waals surface area contributed by atoms with Gasteiger partial charge in [-0.2, -0.15) is 0 Å². The maximum Gasteiger partial charge on any atom is 0.120 e. The molecule has 0 aromatic heterocycles. The van der Waals surface area contributed by atoms with Crippen molar-refractivity contribution in [1.29, 1.82) is 0 Å². The Morgan fingerprint density at radius 2 is 2.14 bits per heavy atom. The summed E-state index contributed by atoms with van der Waals surface area (Å²) in [4.78, 5) is 11.3. The number of hydrogen-bond donors (Lipinski definition) is 0. The molecule has 0 spiro atoms. The van der Waals surface area contributed by atoms with Crippen LogP contribution >= 0.6 is 0 Å². The first-order chi connectivity index (χ1) is 10.3. The average Bonchev–Trinajstić information content (AvgIpc) is 2.44. The fourth-order valence-corrected chi connectivity index (χ4v) is 4.99. The van der Waals surface area contributed by atoms with Gasteiger partial charge in [0.05, 0.1) is 0 Å². The molecule has 0 radical (unpaired) electrons. The van der Waals surface area contributed by atoms with Crippen molar-refractivity contribution in [1.82, 2.24) is 0 Å². The summed E-state index contributed by atoms with van der Waals surface area (Å²) in [6, 6.07) is 0. The second kappa shape index (κ2) is 6.72. The van der Waals surface area contributed by atoms with Gasteiger partial charge in [-0.25, -0.2) is 0 Å². The lowest BCUT2D eigenvalue weighted by atomic mass is 9.51. The molecule has 22 heavy (non-hydrogen) atoms. The second-order valence-electron chi connectivity index (χ2n) is 8.48. The zero-order valence-corrected chi connectivity index (χ0v) is 15.1. The van der Waals surface area contributed by atoms with Gasteiger partial charge in [0, 0.05) is 6.42 Å². The SMILES string of the molecule is C=C(C)CCC[C@]1(C)CCC=C2[C@H]1CC[C@H](C)[C@@]2(C)CC=O. The topological polar surface area (TPSA) is 17.1 Å². The Morgan fingerprint density at radius 3 is 2.77 bits per heavy atom. The van der Waals surface area contributed by atoms with E-state index in [2.05, 4.69) is 40.3 Å². The molecule has 0 unspecified atom stereocenters. The Balaban J connectivity index is 2.20. The highest BCUT2D eigenvalue weighted by molar-refractivity contribution is 5.53. The molecule has 0 amide bonds. The molecule has 1 nitrogen and oxygen atoms in total. The molecule has 0 aliphatic heterocycles. The summed E-state index contributed by atoms with van der Waals surface area (Å²) >= 11 is 0. The van der Waals surface area contributed by atoms with E-state index in [1.165, 1.54) is 44.1 Å². The van der Waals surface area contributed by atoms with Gasteiger partial charge in [0.25, 0.3) is 0 Å². The van der Waals surface area contributed by atoms with Gasteiger partial charge in [-0.05, 0) is 74.5 Å². The Labute approximate surface area is 137 Å². The molecule has 0 bridgehead atoms. The number of rotatable bonds is 6. The number of hydrogen-bond acceptors (Lipinski definition) is 1. The Bertz CT molecular complexity index is 461. The van der Waals surface area contributed by atoms with Crippen LogP contribution in [0.25, 0.3) is 0 Å². The third-order valence-electron chi connectivity index (χ3n) is 6.79. The van der Waals surface area contributed by atoms with Gasteiger partial charge in [0.15, 0.2) is 0 Å². The first-order valence-corrected chi connectivity index (χ1v) is 9.12. The van der Waals surface area contributed by atoms with Gasteiger partial charge in [0.1, 0.15) is 6.29 Å². The van der Waals surface area contributed by atoms with Crippen LogP contribution in [0.2, 0.25) is 0 Å². The number of carbonyl (C=O) groups is 1. The summed E-state index contributed by atoms with van der Waals surface area (Å²) in [5, 5.41) is 0. The maximum atomic E-state index is 11.3. The molecule has 124 valence electrons. The summed E-state index contributed by atoms with van der Waals surface area (Å²) in [5.74, 6) is 1.31.